The van der Waals surface area contributed by atoms with Crippen molar-refractivity contribution in [3.8, 4) is 0 Å². The zero-order valence-electron chi connectivity index (χ0n) is 9.93. The summed E-state index contributed by atoms with van der Waals surface area (Å²) in [6.07, 6.45) is 3.32. The summed E-state index contributed by atoms with van der Waals surface area (Å²) in [6, 6.07) is 0.357. The van der Waals surface area contributed by atoms with Gasteiger partial charge in [-0.2, -0.15) is 16.7 Å². The first-order valence-electron chi connectivity index (χ1n) is 6.33. The number of nitrogens with one attached hydrogen (secondary N) is 1. The van der Waals surface area contributed by atoms with Gasteiger partial charge in [0, 0.05) is 30.8 Å². The van der Waals surface area contributed by atoms with Crippen LogP contribution in [0.2, 0.25) is 0 Å². The van der Waals surface area contributed by atoms with E-state index in [1.54, 1.807) is 0 Å². The lowest BCUT2D eigenvalue weighted by atomic mass is 10.1. The van der Waals surface area contributed by atoms with Gasteiger partial charge in [0.1, 0.15) is 5.82 Å². The van der Waals surface area contributed by atoms with Crippen LogP contribution >= 0.6 is 11.8 Å². The molecule has 17 heavy (non-hydrogen) atoms. The Morgan fingerprint density at radius 3 is 2.82 bits per heavy atom. The molecule has 2 saturated heterocycles. The lowest BCUT2D eigenvalue weighted by Gasteiger charge is -2.28. The summed E-state index contributed by atoms with van der Waals surface area (Å²) < 4.78 is 0. The Morgan fingerprint density at radius 2 is 2.12 bits per heavy atom. The van der Waals surface area contributed by atoms with Crippen LogP contribution in [0.4, 0.5) is 5.95 Å². The highest BCUT2D eigenvalue weighted by Gasteiger charge is 2.24. The lowest BCUT2D eigenvalue weighted by molar-refractivity contribution is 0.496. The van der Waals surface area contributed by atoms with E-state index in [-0.39, 0.29) is 0 Å². The van der Waals surface area contributed by atoms with Crippen molar-refractivity contribution in [2.75, 3.05) is 29.5 Å². The summed E-state index contributed by atoms with van der Waals surface area (Å²) in [6.45, 7) is 1.97. The summed E-state index contributed by atoms with van der Waals surface area (Å²) in [5, 5.41) is 7.46. The molecule has 0 amide bonds. The highest BCUT2D eigenvalue weighted by atomic mass is 32.2. The zero-order chi connectivity index (χ0) is 11.7. The maximum atomic E-state index is 5.90. The van der Waals surface area contributed by atoms with E-state index >= 15 is 0 Å². The Labute approximate surface area is 106 Å². The number of rotatable bonds is 2. The molecule has 2 aliphatic heterocycles. The molecule has 3 N–H and O–H groups in total. The number of hydrogen-bond donors (Lipinski definition) is 2. The van der Waals surface area contributed by atoms with E-state index in [1.807, 2.05) is 11.8 Å². The fraction of sp³-hybridized carbons (Fsp3) is 0.818. The number of H-pyrrole nitrogens is 1. The summed E-state index contributed by atoms with van der Waals surface area (Å²) in [5.41, 5.74) is 5.90. The second-order valence-corrected chi connectivity index (χ2v) is 6.06. The minimum Gasteiger partial charge on any atom is -0.339 e. The highest BCUT2D eigenvalue weighted by molar-refractivity contribution is 7.99. The van der Waals surface area contributed by atoms with E-state index in [2.05, 4.69) is 20.1 Å². The topological polar surface area (TPSA) is 70.8 Å². The molecule has 1 atom stereocenters. The van der Waals surface area contributed by atoms with Crippen molar-refractivity contribution < 1.29 is 0 Å². The van der Waals surface area contributed by atoms with Crippen LogP contribution in [0.3, 0.4) is 0 Å². The second-order valence-electron chi connectivity index (χ2n) is 4.91. The number of aromatic amines is 1. The quantitative estimate of drug-likeness (QED) is 0.821. The number of aromatic nitrogens is 3. The van der Waals surface area contributed by atoms with Gasteiger partial charge in [-0.25, -0.2) is 0 Å². The molecule has 6 heteroatoms. The van der Waals surface area contributed by atoms with Crippen LogP contribution in [0, 0.1) is 0 Å². The third-order valence-corrected chi connectivity index (χ3v) is 4.79. The zero-order valence-corrected chi connectivity index (χ0v) is 10.7. The van der Waals surface area contributed by atoms with Crippen LogP contribution in [-0.2, 0) is 0 Å². The van der Waals surface area contributed by atoms with Crippen molar-refractivity contribution in [2.24, 2.45) is 5.73 Å². The molecule has 3 rings (SSSR count). The van der Waals surface area contributed by atoms with Crippen molar-refractivity contribution in [3.05, 3.63) is 5.82 Å². The van der Waals surface area contributed by atoms with E-state index in [0.29, 0.717) is 12.0 Å². The summed E-state index contributed by atoms with van der Waals surface area (Å²) in [7, 11) is 0. The van der Waals surface area contributed by atoms with Crippen molar-refractivity contribution in [3.63, 3.8) is 0 Å². The molecule has 0 aromatic carbocycles. The van der Waals surface area contributed by atoms with Crippen LogP contribution in [-0.4, -0.2) is 45.8 Å². The molecule has 94 valence electrons. The first kappa shape index (κ1) is 11.3. The summed E-state index contributed by atoms with van der Waals surface area (Å²) >= 11 is 2.00. The van der Waals surface area contributed by atoms with Crippen LogP contribution in [0.1, 0.15) is 31.0 Å². The Morgan fingerprint density at radius 1 is 1.29 bits per heavy atom. The maximum absolute atomic E-state index is 5.90. The predicted molar refractivity (Wildman–Crippen MR) is 70.5 cm³/mol. The largest absolute Gasteiger partial charge is 0.339 e. The molecule has 5 nitrogen and oxygen atoms in total. The van der Waals surface area contributed by atoms with Crippen molar-refractivity contribution >= 4 is 17.7 Å². The van der Waals surface area contributed by atoms with E-state index in [1.165, 1.54) is 17.9 Å². The molecule has 2 fully saturated rings. The molecule has 0 aliphatic carbocycles. The van der Waals surface area contributed by atoms with Gasteiger partial charge < -0.3 is 10.6 Å². The van der Waals surface area contributed by atoms with Crippen molar-refractivity contribution in [2.45, 2.75) is 31.2 Å². The predicted octanol–water partition coefficient (Wildman–Crippen LogP) is 0.953. The molecule has 1 aromatic heterocycles. The van der Waals surface area contributed by atoms with E-state index in [4.69, 9.17) is 5.73 Å². The maximum Gasteiger partial charge on any atom is 0.244 e. The van der Waals surface area contributed by atoms with Crippen LogP contribution in [0.25, 0.3) is 0 Å². The van der Waals surface area contributed by atoms with Crippen molar-refractivity contribution in [1.82, 2.24) is 15.2 Å². The first-order chi connectivity index (χ1) is 8.33. The molecule has 2 aliphatic rings. The third-order valence-electron chi connectivity index (χ3n) is 3.63. The SMILES string of the molecule is NC1CCN(c2n[nH]c(C3CCSC3)n2)CC1. The number of piperidine rings is 1. The van der Waals surface area contributed by atoms with Crippen molar-refractivity contribution in [1.29, 1.82) is 0 Å². The lowest BCUT2D eigenvalue weighted by Crippen LogP contribution is -2.40. The monoisotopic (exact) mass is 253 g/mol. The molecule has 1 aromatic rings. The standard InChI is InChI=1S/C11H19N5S/c12-9-1-4-16(5-2-9)11-13-10(14-15-11)8-3-6-17-7-8/h8-9H,1-7,12H2,(H,13,14,15). The van der Waals surface area contributed by atoms with E-state index < -0.39 is 0 Å². The molecule has 0 radical (unpaired) electrons. The van der Waals surface area contributed by atoms with Gasteiger partial charge in [-0.1, -0.05) is 0 Å². The van der Waals surface area contributed by atoms with Crippen LogP contribution in [0.5, 0.6) is 0 Å². The normalized spacial score (nSPS) is 26.6. The van der Waals surface area contributed by atoms with Crippen LogP contribution < -0.4 is 10.6 Å². The average Bonchev–Trinajstić information content (AvgIpc) is 3.00. The Hall–Kier alpha value is -0.750. The summed E-state index contributed by atoms with van der Waals surface area (Å²) in [4.78, 5) is 6.89. The third kappa shape index (κ3) is 2.42. The van der Waals surface area contributed by atoms with Gasteiger partial charge in [0.25, 0.3) is 0 Å². The fourth-order valence-electron chi connectivity index (χ4n) is 2.44. The van der Waals surface area contributed by atoms with Gasteiger partial charge in [-0.3, -0.25) is 5.10 Å². The molecule has 0 spiro atoms. The minimum absolute atomic E-state index is 0.357. The first-order valence-corrected chi connectivity index (χ1v) is 7.49. The molecule has 0 saturated carbocycles. The minimum atomic E-state index is 0.357. The van der Waals surface area contributed by atoms with Gasteiger partial charge >= 0.3 is 0 Å². The molecule has 0 bridgehead atoms. The second kappa shape index (κ2) is 4.86. The van der Waals surface area contributed by atoms with Gasteiger partial charge in [-0.15, -0.1) is 5.10 Å². The molecule has 1 unspecified atom stereocenters. The molecular formula is C11H19N5S. The van der Waals surface area contributed by atoms with E-state index in [9.17, 15) is 0 Å². The fourth-order valence-corrected chi connectivity index (χ4v) is 3.67. The van der Waals surface area contributed by atoms with E-state index in [0.717, 1.165) is 37.7 Å². The van der Waals surface area contributed by atoms with Crippen LogP contribution in [0.15, 0.2) is 0 Å². The highest BCUT2D eigenvalue weighted by Crippen LogP contribution is 2.31. The number of nitrogens with two attached hydrogens (primary N) is 1. The smallest absolute Gasteiger partial charge is 0.244 e. The number of nitrogens with zero attached hydrogens (tertiary/aromatic N) is 3. The molecule has 3 heterocycles. The Balaban J connectivity index is 1.67. The van der Waals surface area contributed by atoms with Gasteiger partial charge in [0.05, 0.1) is 0 Å². The van der Waals surface area contributed by atoms with Gasteiger partial charge in [-0.05, 0) is 25.0 Å². The number of anilines is 1. The average molecular weight is 253 g/mol. The Kier molecular flexibility index (Phi) is 3.24. The van der Waals surface area contributed by atoms with Gasteiger partial charge in [0.15, 0.2) is 0 Å². The number of thioether (sulfide) groups is 1. The van der Waals surface area contributed by atoms with Gasteiger partial charge in [0.2, 0.25) is 5.95 Å². The Bertz CT molecular complexity index is 366. The summed E-state index contributed by atoms with van der Waals surface area (Å²) in [5.74, 6) is 4.94. The number of hydrogen-bond acceptors (Lipinski definition) is 5. The molecular weight excluding hydrogens is 234 g/mol.